The first kappa shape index (κ1) is 9.27. The molecule has 1 amide bonds. The summed E-state index contributed by atoms with van der Waals surface area (Å²) in [5.74, 6) is 3.51. The number of hydrogen-bond donors (Lipinski definition) is 1. The fraction of sp³-hybridized carbons (Fsp3) is 0.100. The molecule has 0 aliphatic carbocycles. The van der Waals surface area contributed by atoms with Gasteiger partial charge in [-0.3, -0.25) is 4.79 Å². The van der Waals surface area contributed by atoms with Gasteiger partial charge < -0.3 is 5.73 Å². The Kier molecular flexibility index (Phi) is 2.65. The standard InChI is InChI=1S/C10H8FNO/c1-7-4-8(2-3-10(12)13)6-9(11)5-7/h4-6H,1H3,(H2,12,13). The van der Waals surface area contributed by atoms with Crippen molar-refractivity contribution < 1.29 is 9.18 Å². The Morgan fingerprint density at radius 3 is 2.69 bits per heavy atom. The van der Waals surface area contributed by atoms with Crippen LogP contribution in [0.3, 0.4) is 0 Å². The highest BCUT2D eigenvalue weighted by molar-refractivity contribution is 5.92. The van der Waals surface area contributed by atoms with Crippen LogP contribution in [-0.4, -0.2) is 5.91 Å². The van der Waals surface area contributed by atoms with Crippen molar-refractivity contribution in [2.24, 2.45) is 5.73 Å². The summed E-state index contributed by atoms with van der Waals surface area (Å²) in [5.41, 5.74) is 6.02. The van der Waals surface area contributed by atoms with Crippen LogP contribution in [0.1, 0.15) is 11.1 Å². The Morgan fingerprint density at radius 2 is 2.15 bits per heavy atom. The zero-order valence-corrected chi connectivity index (χ0v) is 7.10. The van der Waals surface area contributed by atoms with Crippen LogP contribution in [0.25, 0.3) is 0 Å². The van der Waals surface area contributed by atoms with E-state index in [0.29, 0.717) is 5.56 Å². The minimum Gasteiger partial charge on any atom is -0.359 e. The molecule has 0 fully saturated rings. The second-order valence-corrected chi connectivity index (χ2v) is 2.63. The zero-order valence-electron chi connectivity index (χ0n) is 7.10. The second kappa shape index (κ2) is 3.72. The van der Waals surface area contributed by atoms with Crippen molar-refractivity contribution in [1.82, 2.24) is 0 Å². The molecule has 0 heterocycles. The van der Waals surface area contributed by atoms with Gasteiger partial charge >= 0.3 is 0 Å². The molecule has 0 unspecified atom stereocenters. The van der Waals surface area contributed by atoms with Crippen LogP contribution in [0.15, 0.2) is 18.2 Å². The van der Waals surface area contributed by atoms with E-state index in [1.165, 1.54) is 12.1 Å². The summed E-state index contributed by atoms with van der Waals surface area (Å²) in [4.78, 5) is 10.3. The number of rotatable bonds is 0. The van der Waals surface area contributed by atoms with Crippen molar-refractivity contribution in [3.8, 4) is 11.8 Å². The van der Waals surface area contributed by atoms with E-state index in [9.17, 15) is 9.18 Å². The van der Waals surface area contributed by atoms with Gasteiger partial charge in [0.25, 0.3) is 5.91 Å². The first-order chi connectivity index (χ1) is 6.08. The highest BCUT2D eigenvalue weighted by atomic mass is 19.1. The van der Waals surface area contributed by atoms with Gasteiger partial charge in [-0.25, -0.2) is 4.39 Å². The average molecular weight is 177 g/mol. The molecule has 1 aromatic carbocycles. The smallest absolute Gasteiger partial charge is 0.293 e. The van der Waals surface area contributed by atoms with Gasteiger partial charge in [-0.1, -0.05) is 5.92 Å². The van der Waals surface area contributed by atoms with E-state index in [-0.39, 0.29) is 5.82 Å². The van der Waals surface area contributed by atoms with Crippen molar-refractivity contribution in [3.05, 3.63) is 35.1 Å². The minimum absolute atomic E-state index is 0.367. The Labute approximate surface area is 75.6 Å². The zero-order chi connectivity index (χ0) is 9.84. The van der Waals surface area contributed by atoms with Crippen LogP contribution in [-0.2, 0) is 4.79 Å². The molecule has 0 bridgehead atoms. The fourth-order valence-electron chi connectivity index (χ4n) is 0.942. The molecule has 0 aliphatic rings. The van der Waals surface area contributed by atoms with E-state index >= 15 is 0 Å². The van der Waals surface area contributed by atoms with Gasteiger partial charge in [0, 0.05) is 5.56 Å². The molecule has 0 aliphatic heterocycles. The number of carbonyl (C=O) groups is 1. The molecule has 0 radical (unpaired) electrons. The predicted octanol–water partition coefficient (Wildman–Crippen LogP) is 0.971. The topological polar surface area (TPSA) is 43.1 Å². The van der Waals surface area contributed by atoms with Gasteiger partial charge in [-0.15, -0.1) is 0 Å². The molecule has 66 valence electrons. The van der Waals surface area contributed by atoms with Gasteiger partial charge in [0.15, 0.2) is 0 Å². The van der Waals surface area contributed by atoms with Gasteiger partial charge in [0.1, 0.15) is 5.82 Å². The lowest BCUT2D eigenvalue weighted by molar-refractivity contribution is -0.112. The van der Waals surface area contributed by atoms with E-state index in [1.807, 2.05) is 0 Å². The lowest BCUT2D eigenvalue weighted by Gasteiger charge is -1.94. The minimum atomic E-state index is -0.720. The Balaban J connectivity index is 3.04. The normalized spacial score (nSPS) is 8.77. The van der Waals surface area contributed by atoms with Crippen molar-refractivity contribution in [1.29, 1.82) is 0 Å². The van der Waals surface area contributed by atoms with Crippen molar-refractivity contribution >= 4 is 5.91 Å². The van der Waals surface area contributed by atoms with E-state index < -0.39 is 5.91 Å². The summed E-state index contributed by atoms with van der Waals surface area (Å²) in [5, 5.41) is 0. The number of halogens is 1. The third kappa shape index (κ3) is 2.96. The molecule has 0 saturated heterocycles. The maximum atomic E-state index is 12.8. The number of amides is 1. The molecule has 0 atom stereocenters. The van der Waals surface area contributed by atoms with Crippen LogP contribution < -0.4 is 5.73 Å². The predicted molar refractivity (Wildman–Crippen MR) is 47.2 cm³/mol. The summed E-state index contributed by atoms with van der Waals surface area (Å²) in [6.07, 6.45) is 0. The highest BCUT2D eigenvalue weighted by Crippen LogP contribution is 2.06. The second-order valence-electron chi connectivity index (χ2n) is 2.63. The van der Waals surface area contributed by atoms with Gasteiger partial charge in [0.2, 0.25) is 0 Å². The van der Waals surface area contributed by atoms with Crippen LogP contribution in [0.2, 0.25) is 0 Å². The number of aryl methyl sites for hydroxylation is 1. The monoisotopic (exact) mass is 177 g/mol. The first-order valence-corrected chi connectivity index (χ1v) is 3.66. The maximum absolute atomic E-state index is 12.8. The summed E-state index contributed by atoms with van der Waals surface area (Å²) in [7, 11) is 0. The molecule has 0 aromatic heterocycles. The van der Waals surface area contributed by atoms with E-state index in [1.54, 1.807) is 13.0 Å². The summed E-state index contributed by atoms with van der Waals surface area (Å²) >= 11 is 0. The summed E-state index contributed by atoms with van der Waals surface area (Å²) in [6, 6.07) is 4.32. The van der Waals surface area contributed by atoms with Crippen molar-refractivity contribution in [2.75, 3.05) is 0 Å². The number of nitrogens with two attached hydrogens (primary N) is 1. The average Bonchev–Trinajstić information content (AvgIpc) is 1.99. The summed E-state index contributed by atoms with van der Waals surface area (Å²) in [6.45, 7) is 1.75. The van der Waals surface area contributed by atoms with E-state index in [0.717, 1.165) is 5.56 Å². The first-order valence-electron chi connectivity index (χ1n) is 3.66. The molecule has 3 heteroatoms. The number of benzene rings is 1. The van der Waals surface area contributed by atoms with Gasteiger partial charge in [0.05, 0.1) is 0 Å². The SMILES string of the molecule is Cc1cc(F)cc(C#CC(N)=O)c1. The molecular formula is C10H8FNO. The van der Waals surface area contributed by atoms with Crippen LogP contribution in [0, 0.1) is 24.6 Å². The number of carbonyl (C=O) groups excluding carboxylic acids is 1. The van der Waals surface area contributed by atoms with Crippen molar-refractivity contribution in [2.45, 2.75) is 6.92 Å². The lowest BCUT2D eigenvalue weighted by atomic mass is 10.1. The molecule has 13 heavy (non-hydrogen) atoms. The number of hydrogen-bond acceptors (Lipinski definition) is 1. The number of primary amides is 1. The molecule has 1 aromatic rings. The Bertz CT molecular complexity index is 381. The Hall–Kier alpha value is -1.82. The Morgan fingerprint density at radius 1 is 1.46 bits per heavy atom. The van der Waals surface area contributed by atoms with Gasteiger partial charge in [-0.05, 0) is 36.6 Å². The molecule has 0 saturated carbocycles. The highest BCUT2D eigenvalue weighted by Gasteiger charge is 1.94. The largest absolute Gasteiger partial charge is 0.359 e. The summed E-state index contributed by atoms with van der Waals surface area (Å²) < 4.78 is 12.8. The van der Waals surface area contributed by atoms with Crippen LogP contribution in [0.5, 0.6) is 0 Å². The fourth-order valence-corrected chi connectivity index (χ4v) is 0.942. The van der Waals surface area contributed by atoms with Crippen LogP contribution >= 0.6 is 0 Å². The van der Waals surface area contributed by atoms with Crippen LogP contribution in [0.4, 0.5) is 4.39 Å². The van der Waals surface area contributed by atoms with Gasteiger partial charge in [-0.2, -0.15) is 0 Å². The lowest BCUT2D eigenvalue weighted by Crippen LogP contribution is -2.06. The molecule has 1 rings (SSSR count). The van der Waals surface area contributed by atoms with E-state index in [4.69, 9.17) is 5.73 Å². The molecule has 2 N–H and O–H groups in total. The van der Waals surface area contributed by atoms with Crippen molar-refractivity contribution in [3.63, 3.8) is 0 Å². The van der Waals surface area contributed by atoms with E-state index in [2.05, 4.69) is 11.8 Å². The molecule has 2 nitrogen and oxygen atoms in total. The quantitative estimate of drug-likeness (QED) is 0.589. The molecular weight excluding hydrogens is 169 g/mol. The third-order valence-corrected chi connectivity index (χ3v) is 1.37. The maximum Gasteiger partial charge on any atom is 0.293 e. The third-order valence-electron chi connectivity index (χ3n) is 1.37. The molecule has 0 spiro atoms.